The normalized spacial score (nSPS) is 11.9. The molecule has 25 heavy (non-hydrogen) atoms. The largest absolute Gasteiger partial charge is 0.464 e. The molecule has 0 unspecified atom stereocenters. The Labute approximate surface area is 150 Å². The Hall–Kier alpha value is -2.49. The highest BCUT2D eigenvalue weighted by Crippen LogP contribution is 2.35. The van der Waals surface area contributed by atoms with Crippen molar-refractivity contribution in [1.29, 1.82) is 0 Å². The topological polar surface area (TPSA) is 51.5 Å². The molecule has 0 aliphatic rings. The van der Waals surface area contributed by atoms with Gasteiger partial charge in [-0.25, -0.2) is 9.78 Å². The second-order valence-electron chi connectivity index (χ2n) is 6.69. The monoisotopic (exact) mass is 338 g/mol. The summed E-state index contributed by atoms with van der Waals surface area (Å²) in [5, 5.41) is 0. The van der Waals surface area contributed by atoms with Gasteiger partial charge in [-0.1, -0.05) is 52.0 Å². The maximum Gasteiger partial charge on any atom is 0.356 e. The van der Waals surface area contributed by atoms with Crippen LogP contribution in [0.5, 0.6) is 0 Å². The van der Waals surface area contributed by atoms with E-state index >= 15 is 0 Å². The van der Waals surface area contributed by atoms with Crippen LogP contribution in [0.3, 0.4) is 0 Å². The van der Waals surface area contributed by atoms with Crippen LogP contribution < -0.4 is 0 Å². The minimum Gasteiger partial charge on any atom is -0.464 e. The number of carbonyl (C=O) groups excluding carboxylic acids is 1. The van der Waals surface area contributed by atoms with Crippen molar-refractivity contribution in [2.75, 3.05) is 7.11 Å². The van der Waals surface area contributed by atoms with Crippen LogP contribution in [0.1, 0.15) is 73.8 Å². The van der Waals surface area contributed by atoms with Crippen LogP contribution in [0.15, 0.2) is 41.4 Å². The van der Waals surface area contributed by atoms with Gasteiger partial charge in [-0.3, -0.25) is 4.99 Å². The summed E-state index contributed by atoms with van der Waals surface area (Å²) in [6.45, 7) is 10.6. The Morgan fingerprint density at radius 1 is 0.960 bits per heavy atom. The third-order valence-corrected chi connectivity index (χ3v) is 4.14. The zero-order valence-corrected chi connectivity index (χ0v) is 15.8. The van der Waals surface area contributed by atoms with Gasteiger partial charge in [0.2, 0.25) is 0 Å². The minimum absolute atomic E-state index is 0.288. The van der Waals surface area contributed by atoms with Crippen molar-refractivity contribution >= 4 is 17.4 Å². The molecule has 132 valence electrons. The predicted molar refractivity (Wildman–Crippen MR) is 102 cm³/mol. The molecule has 1 aromatic heterocycles. The molecular formula is C21H26N2O2. The van der Waals surface area contributed by atoms with Crippen LogP contribution in [0.25, 0.3) is 0 Å². The quantitative estimate of drug-likeness (QED) is 0.552. The van der Waals surface area contributed by atoms with E-state index in [-0.39, 0.29) is 5.69 Å². The Morgan fingerprint density at radius 2 is 1.48 bits per heavy atom. The number of ether oxygens (including phenoxy) is 1. The number of methoxy groups -OCH3 is 1. The molecule has 0 saturated carbocycles. The number of benzene rings is 1. The first-order chi connectivity index (χ1) is 11.8. The molecule has 1 heterocycles. The lowest BCUT2D eigenvalue weighted by Gasteiger charge is -2.17. The summed E-state index contributed by atoms with van der Waals surface area (Å²) in [4.78, 5) is 21.0. The minimum atomic E-state index is -0.444. The molecular weight excluding hydrogens is 312 g/mol. The van der Waals surface area contributed by atoms with Crippen LogP contribution >= 0.6 is 0 Å². The Bertz CT molecular complexity index is 766. The molecule has 4 nitrogen and oxygen atoms in total. The molecule has 0 fully saturated rings. The molecule has 0 N–H and O–H groups in total. The van der Waals surface area contributed by atoms with Gasteiger partial charge in [-0.15, -0.1) is 0 Å². The van der Waals surface area contributed by atoms with Gasteiger partial charge in [-0.2, -0.15) is 0 Å². The summed E-state index contributed by atoms with van der Waals surface area (Å²) in [7, 11) is 1.35. The lowest BCUT2D eigenvalue weighted by Crippen LogP contribution is -2.08. The van der Waals surface area contributed by atoms with E-state index in [0.717, 1.165) is 11.4 Å². The third-order valence-electron chi connectivity index (χ3n) is 4.14. The van der Waals surface area contributed by atoms with Gasteiger partial charge in [0.15, 0.2) is 0 Å². The lowest BCUT2D eigenvalue weighted by atomic mass is 9.93. The van der Waals surface area contributed by atoms with Crippen LogP contribution in [-0.2, 0) is 4.74 Å². The number of nitrogens with zero attached hydrogens (tertiary/aromatic N) is 2. The van der Waals surface area contributed by atoms with E-state index in [1.165, 1.54) is 18.2 Å². The average molecular weight is 338 g/mol. The van der Waals surface area contributed by atoms with E-state index in [1.807, 2.05) is 13.0 Å². The highest BCUT2D eigenvalue weighted by atomic mass is 16.5. The Morgan fingerprint density at radius 3 is 2.00 bits per heavy atom. The molecule has 0 radical (unpaired) electrons. The van der Waals surface area contributed by atoms with Gasteiger partial charge in [0.1, 0.15) is 5.69 Å². The number of carbonyl (C=O) groups is 1. The van der Waals surface area contributed by atoms with Gasteiger partial charge in [0, 0.05) is 0 Å². The summed E-state index contributed by atoms with van der Waals surface area (Å²) in [6.07, 6.45) is 0. The predicted octanol–water partition coefficient (Wildman–Crippen LogP) is 5.26. The molecule has 0 saturated heterocycles. The molecule has 0 atom stereocenters. The molecule has 0 bridgehead atoms. The first-order valence-corrected chi connectivity index (χ1v) is 8.59. The molecule has 1 aromatic carbocycles. The third kappa shape index (κ3) is 4.32. The Balaban J connectivity index is 2.55. The number of hydrogen-bond acceptors (Lipinski definition) is 4. The van der Waals surface area contributed by atoms with Gasteiger partial charge in [-0.05, 0) is 42.0 Å². The average Bonchev–Trinajstić information content (AvgIpc) is 2.60. The number of rotatable bonds is 5. The highest BCUT2D eigenvalue weighted by Gasteiger charge is 2.15. The Kier molecular flexibility index (Phi) is 6.07. The van der Waals surface area contributed by atoms with Crippen molar-refractivity contribution in [1.82, 2.24) is 4.98 Å². The van der Waals surface area contributed by atoms with E-state index in [0.29, 0.717) is 17.5 Å². The van der Waals surface area contributed by atoms with E-state index < -0.39 is 5.97 Å². The smallest absolute Gasteiger partial charge is 0.356 e. The van der Waals surface area contributed by atoms with Crippen LogP contribution in [-0.4, -0.2) is 23.8 Å². The summed E-state index contributed by atoms with van der Waals surface area (Å²) < 4.78 is 4.75. The van der Waals surface area contributed by atoms with E-state index in [9.17, 15) is 4.79 Å². The van der Waals surface area contributed by atoms with Crippen molar-refractivity contribution in [3.63, 3.8) is 0 Å². The number of aliphatic imine (C=N–C) groups is 1. The van der Waals surface area contributed by atoms with E-state index in [2.05, 4.69) is 50.9 Å². The van der Waals surface area contributed by atoms with Gasteiger partial charge in [0.05, 0.1) is 24.2 Å². The fourth-order valence-corrected chi connectivity index (χ4v) is 2.72. The summed E-state index contributed by atoms with van der Waals surface area (Å²) in [5.74, 6) is 0.305. The number of esters is 1. The van der Waals surface area contributed by atoms with E-state index in [1.54, 1.807) is 12.1 Å². The van der Waals surface area contributed by atoms with Crippen LogP contribution in [0, 0.1) is 0 Å². The zero-order chi connectivity index (χ0) is 18.6. The molecule has 0 amide bonds. The number of aromatic nitrogens is 1. The molecule has 0 aliphatic heterocycles. The summed E-state index contributed by atoms with van der Waals surface area (Å²) in [5.41, 5.74) is 5.19. The SMILES string of the molecule is COC(=O)c1cccc(C(C)=Nc2c(C(C)C)cccc2C(C)C)n1. The maximum atomic E-state index is 11.7. The fraction of sp³-hybridized carbons (Fsp3) is 0.381. The van der Waals surface area contributed by atoms with Gasteiger partial charge < -0.3 is 4.74 Å². The van der Waals surface area contributed by atoms with Crippen molar-refractivity contribution in [2.24, 2.45) is 4.99 Å². The number of para-hydroxylation sites is 1. The lowest BCUT2D eigenvalue weighted by molar-refractivity contribution is 0.0594. The number of hydrogen-bond donors (Lipinski definition) is 0. The molecule has 4 heteroatoms. The van der Waals surface area contributed by atoms with Crippen molar-refractivity contribution in [3.05, 3.63) is 58.9 Å². The highest BCUT2D eigenvalue weighted by molar-refractivity contribution is 6.00. The van der Waals surface area contributed by atoms with Crippen molar-refractivity contribution in [3.8, 4) is 0 Å². The van der Waals surface area contributed by atoms with Crippen LogP contribution in [0.4, 0.5) is 5.69 Å². The molecule has 0 aliphatic carbocycles. The van der Waals surface area contributed by atoms with Gasteiger partial charge in [0.25, 0.3) is 0 Å². The summed E-state index contributed by atoms with van der Waals surface area (Å²) in [6, 6.07) is 11.6. The first-order valence-electron chi connectivity index (χ1n) is 8.59. The van der Waals surface area contributed by atoms with E-state index in [4.69, 9.17) is 9.73 Å². The maximum absolute atomic E-state index is 11.7. The fourth-order valence-electron chi connectivity index (χ4n) is 2.72. The van der Waals surface area contributed by atoms with Crippen molar-refractivity contribution < 1.29 is 9.53 Å². The number of pyridine rings is 1. The molecule has 0 spiro atoms. The molecule has 2 rings (SSSR count). The zero-order valence-electron chi connectivity index (χ0n) is 15.8. The second kappa shape index (κ2) is 8.06. The first kappa shape index (κ1) is 18.8. The second-order valence-corrected chi connectivity index (χ2v) is 6.69. The van der Waals surface area contributed by atoms with Crippen LogP contribution in [0.2, 0.25) is 0 Å². The summed E-state index contributed by atoms with van der Waals surface area (Å²) >= 11 is 0. The molecule has 2 aromatic rings. The standard InChI is InChI=1S/C21H26N2O2/c1-13(2)16-9-7-10-17(14(3)4)20(16)22-15(5)18-11-8-12-19(23-18)21(24)25-6/h7-14H,1-6H3. The van der Waals surface area contributed by atoms with Gasteiger partial charge >= 0.3 is 5.97 Å². The van der Waals surface area contributed by atoms with Crippen molar-refractivity contribution in [2.45, 2.75) is 46.5 Å².